The fraction of sp³-hybridized carbons (Fsp3) is 0.875. The van der Waals surface area contributed by atoms with Gasteiger partial charge < -0.3 is 9.84 Å². The summed E-state index contributed by atoms with van der Waals surface area (Å²) >= 11 is 0. The lowest BCUT2D eigenvalue weighted by atomic mass is 9.93. The highest BCUT2D eigenvalue weighted by Gasteiger charge is 2.40. The SMILES string of the molecule is CC(C)(C)CCOC(F)(F)C(=O)O. The second-order valence-corrected chi connectivity index (χ2v) is 3.98. The van der Waals surface area contributed by atoms with Crippen molar-refractivity contribution in [2.45, 2.75) is 33.3 Å². The highest BCUT2D eigenvalue weighted by Crippen LogP contribution is 2.21. The predicted octanol–water partition coefficient (Wildman–Crippen LogP) is 2.12. The first kappa shape index (κ1) is 12.3. The van der Waals surface area contributed by atoms with Gasteiger partial charge in [0.05, 0.1) is 6.61 Å². The molecule has 0 aliphatic heterocycles. The number of hydrogen-bond donors (Lipinski definition) is 1. The molecule has 0 saturated heterocycles. The summed E-state index contributed by atoms with van der Waals surface area (Å²) in [6, 6.07) is 0. The Morgan fingerprint density at radius 1 is 1.38 bits per heavy atom. The molecular weight excluding hydrogens is 182 g/mol. The van der Waals surface area contributed by atoms with Crippen LogP contribution in [0.3, 0.4) is 0 Å². The van der Waals surface area contributed by atoms with E-state index in [9.17, 15) is 13.6 Å². The number of rotatable bonds is 4. The zero-order valence-electron chi connectivity index (χ0n) is 7.93. The van der Waals surface area contributed by atoms with Crippen molar-refractivity contribution in [2.24, 2.45) is 5.41 Å². The number of carboxylic acid groups (broad SMARTS) is 1. The third kappa shape index (κ3) is 5.52. The summed E-state index contributed by atoms with van der Waals surface area (Å²) in [6.45, 7) is 5.31. The molecule has 13 heavy (non-hydrogen) atoms. The Hall–Kier alpha value is -0.710. The fourth-order valence-corrected chi connectivity index (χ4v) is 0.547. The quantitative estimate of drug-likeness (QED) is 0.749. The Balaban J connectivity index is 3.84. The standard InChI is InChI=1S/C8H14F2O3/c1-7(2,3)4-5-13-8(9,10)6(11)12/h4-5H2,1-3H3,(H,11,12). The molecule has 5 heteroatoms. The molecule has 0 atom stereocenters. The lowest BCUT2D eigenvalue weighted by Crippen LogP contribution is -2.32. The number of halogens is 2. The van der Waals surface area contributed by atoms with Crippen molar-refractivity contribution in [2.75, 3.05) is 6.61 Å². The van der Waals surface area contributed by atoms with Crippen LogP contribution < -0.4 is 0 Å². The van der Waals surface area contributed by atoms with Gasteiger partial charge in [0.25, 0.3) is 0 Å². The van der Waals surface area contributed by atoms with Crippen LogP contribution in [-0.2, 0) is 9.53 Å². The minimum absolute atomic E-state index is 0.144. The first-order valence-corrected chi connectivity index (χ1v) is 3.90. The summed E-state index contributed by atoms with van der Waals surface area (Å²) in [6.07, 6.45) is -3.68. The van der Waals surface area contributed by atoms with E-state index in [1.807, 2.05) is 20.8 Å². The average molecular weight is 196 g/mol. The Bertz CT molecular complexity index is 184. The number of aliphatic carboxylic acids is 1. The molecule has 0 saturated carbocycles. The van der Waals surface area contributed by atoms with E-state index in [1.54, 1.807) is 0 Å². The monoisotopic (exact) mass is 196 g/mol. The van der Waals surface area contributed by atoms with E-state index >= 15 is 0 Å². The largest absolute Gasteiger partial charge is 0.475 e. The van der Waals surface area contributed by atoms with Gasteiger partial charge in [0.15, 0.2) is 0 Å². The first-order valence-electron chi connectivity index (χ1n) is 3.90. The van der Waals surface area contributed by atoms with Crippen molar-refractivity contribution in [3.63, 3.8) is 0 Å². The maximum absolute atomic E-state index is 12.3. The van der Waals surface area contributed by atoms with Crippen LogP contribution in [0.4, 0.5) is 8.78 Å². The van der Waals surface area contributed by atoms with Crippen LogP contribution in [0.1, 0.15) is 27.2 Å². The number of alkyl halides is 2. The Morgan fingerprint density at radius 3 is 2.15 bits per heavy atom. The van der Waals surface area contributed by atoms with Crippen molar-refractivity contribution < 1.29 is 23.4 Å². The van der Waals surface area contributed by atoms with Gasteiger partial charge in [0, 0.05) is 0 Å². The highest BCUT2D eigenvalue weighted by molar-refractivity contribution is 5.73. The highest BCUT2D eigenvalue weighted by atomic mass is 19.3. The van der Waals surface area contributed by atoms with Crippen molar-refractivity contribution in [1.82, 2.24) is 0 Å². The van der Waals surface area contributed by atoms with Gasteiger partial charge in [-0.3, -0.25) is 0 Å². The van der Waals surface area contributed by atoms with Crippen molar-refractivity contribution in [3.05, 3.63) is 0 Å². The topological polar surface area (TPSA) is 46.5 Å². The summed E-state index contributed by atoms with van der Waals surface area (Å²) in [5.41, 5.74) is -0.144. The summed E-state index contributed by atoms with van der Waals surface area (Å²) < 4.78 is 28.5. The van der Waals surface area contributed by atoms with Crippen LogP contribution in [0.25, 0.3) is 0 Å². The van der Waals surface area contributed by atoms with Gasteiger partial charge in [0.1, 0.15) is 0 Å². The molecule has 0 amide bonds. The summed E-state index contributed by atoms with van der Waals surface area (Å²) in [5.74, 6) is -2.25. The second kappa shape index (κ2) is 4.00. The lowest BCUT2D eigenvalue weighted by molar-refractivity contribution is -0.247. The van der Waals surface area contributed by atoms with Gasteiger partial charge >= 0.3 is 12.1 Å². The fourth-order valence-electron chi connectivity index (χ4n) is 0.547. The van der Waals surface area contributed by atoms with E-state index in [4.69, 9.17) is 5.11 Å². The molecule has 0 radical (unpaired) electrons. The molecule has 0 aliphatic rings. The summed E-state index contributed by atoms with van der Waals surface area (Å²) in [4.78, 5) is 9.90. The molecular formula is C8H14F2O3. The zero-order chi connectivity index (χ0) is 10.7. The molecule has 0 heterocycles. The molecule has 0 unspecified atom stereocenters. The van der Waals surface area contributed by atoms with Crippen LogP contribution in [0.5, 0.6) is 0 Å². The van der Waals surface area contributed by atoms with Crippen molar-refractivity contribution in [3.8, 4) is 0 Å². The number of hydrogen-bond acceptors (Lipinski definition) is 2. The minimum Gasteiger partial charge on any atom is -0.475 e. The van der Waals surface area contributed by atoms with E-state index in [0.29, 0.717) is 6.42 Å². The minimum atomic E-state index is -4.06. The maximum atomic E-state index is 12.3. The molecule has 0 aromatic carbocycles. The van der Waals surface area contributed by atoms with Crippen LogP contribution in [0, 0.1) is 5.41 Å². The van der Waals surface area contributed by atoms with Gasteiger partial charge in [-0.15, -0.1) is 0 Å². The Morgan fingerprint density at radius 2 is 1.85 bits per heavy atom. The summed E-state index contributed by atoms with van der Waals surface area (Å²) in [7, 11) is 0. The zero-order valence-corrected chi connectivity index (χ0v) is 7.93. The van der Waals surface area contributed by atoms with Gasteiger partial charge in [-0.05, 0) is 11.8 Å². The Labute approximate surface area is 75.7 Å². The van der Waals surface area contributed by atoms with Gasteiger partial charge in [-0.25, -0.2) is 4.79 Å². The normalized spacial score (nSPS) is 13.0. The first-order chi connectivity index (χ1) is 5.65. The molecule has 0 aromatic heterocycles. The molecule has 3 nitrogen and oxygen atoms in total. The van der Waals surface area contributed by atoms with Gasteiger partial charge in [-0.2, -0.15) is 8.78 Å². The molecule has 0 aromatic rings. The van der Waals surface area contributed by atoms with Gasteiger partial charge in [-0.1, -0.05) is 20.8 Å². The molecule has 0 aliphatic carbocycles. The second-order valence-electron chi connectivity index (χ2n) is 3.98. The number of ether oxygens (including phenoxy) is 1. The molecule has 0 fully saturated rings. The molecule has 0 bridgehead atoms. The smallest absolute Gasteiger partial charge is 0.455 e. The lowest BCUT2D eigenvalue weighted by Gasteiger charge is -2.19. The van der Waals surface area contributed by atoms with Crippen LogP contribution in [0.2, 0.25) is 0 Å². The van der Waals surface area contributed by atoms with E-state index in [-0.39, 0.29) is 12.0 Å². The van der Waals surface area contributed by atoms with E-state index in [0.717, 1.165) is 0 Å². The van der Waals surface area contributed by atoms with E-state index in [1.165, 1.54) is 0 Å². The van der Waals surface area contributed by atoms with E-state index < -0.39 is 12.1 Å². The van der Waals surface area contributed by atoms with Crippen molar-refractivity contribution in [1.29, 1.82) is 0 Å². The summed E-state index contributed by atoms with van der Waals surface area (Å²) in [5, 5.41) is 8.00. The van der Waals surface area contributed by atoms with Gasteiger partial charge in [0.2, 0.25) is 0 Å². The molecule has 0 rings (SSSR count). The predicted molar refractivity (Wildman–Crippen MR) is 42.6 cm³/mol. The number of carboxylic acids is 1. The third-order valence-electron chi connectivity index (χ3n) is 1.38. The number of carbonyl (C=O) groups is 1. The Kier molecular flexibility index (Phi) is 3.78. The third-order valence-corrected chi connectivity index (χ3v) is 1.38. The molecule has 78 valence electrons. The molecule has 0 spiro atoms. The van der Waals surface area contributed by atoms with Crippen molar-refractivity contribution >= 4 is 5.97 Å². The molecule has 1 N–H and O–H groups in total. The van der Waals surface area contributed by atoms with Crippen LogP contribution >= 0.6 is 0 Å². The van der Waals surface area contributed by atoms with E-state index in [2.05, 4.69) is 4.74 Å². The van der Waals surface area contributed by atoms with Crippen LogP contribution in [-0.4, -0.2) is 23.8 Å². The average Bonchev–Trinajstić information content (AvgIpc) is 1.82. The van der Waals surface area contributed by atoms with Crippen LogP contribution in [0.15, 0.2) is 0 Å². The maximum Gasteiger partial charge on any atom is 0.455 e.